The van der Waals surface area contributed by atoms with Crippen LogP contribution in [0.15, 0.2) is 30.3 Å². The van der Waals surface area contributed by atoms with Gasteiger partial charge >= 0.3 is 0 Å². The molecule has 2 unspecified atom stereocenters. The molecule has 0 aliphatic rings. The summed E-state index contributed by atoms with van der Waals surface area (Å²) in [6.07, 6.45) is 0.170. The van der Waals surface area contributed by atoms with Crippen LogP contribution in [0.1, 0.15) is 26.3 Å². The molecule has 114 valence electrons. The van der Waals surface area contributed by atoms with Crippen LogP contribution in [0.5, 0.6) is 0 Å². The minimum Gasteiger partial charge on any atom is -0.395 e. The molecule has 0 saturated heterocycles. The normalized spacial score (nSPS) is 15.1. The van der Waals surface area contributed by atoms with Crippen LogP contribution in [0.25, 0.3) is 0 Å². The maximum absolute atomic E-state index is 9.85. The predicted molar refractivity (Wildman–Crippen MR) is 80.7 cm³/mol. The van der Waals surface area contributed by atoms with Gasteiger partial charge in [-0.15, -0.1) is 0 Å². The summed E-state index contributed by atoms with van der Waals surface area (Å²) in [7, 11) is 0. The lowest BCUT2D eigenvalue weighted by Crippen LogP contribution is -2.41. The number of ether oxygens (including phenoxy) is 1. The molecular formula is C16H27NO3. The van der Waals surface area contributed by atoms with E-state index in [0.29, 0.717) is 13.2 Å². The molecule has 1 rings (SSSR count). The van der Waals surface area contributed by atoms with E-state index in [9.17, 15) is 10.2 Å². The van der Waals surface area contributed by atoms with E-state index in [0.717, 1.165) is 6.42 Å². The van der Waals surface area contributed by atoms with E-state index in [2.05, 4.69) is 5.32 Å². The topological polar surface area (TPSA) is 61.7 Å². The quantitative estimate of drug-likeness (QED) is 0.673. The molecule has 0 fully saturated rings. The molecule has 0 aromatic heterocycles. The first-order valence-electron chi connectivity index (χ1n) is 7.11. The van der Waals surface area contributed by atoms with Crippen molar-refractivity contribution in [2.45, 2.75) is 44.9 Å². The molecule has 0 heterocycles. The zero-order chi connectivity index (χ0) is 15.0. The summed E-state index contributed by atoms with van der Waals surface area (Å²) in [5.74, 6) is 0. The molecule has 1 aromatic rings. The maximum atomic E-state index is 9.85. The van der Waals surface area contributed by atoms with Crippen molar-refractivity contribution in [3.8, 4) is 0 Å². The van der Waals surface area contributed by atoms with Gasteiger partial charge in [-0.3, -0.25) is 0 Å². The van der Waals surface area contributed by atoms with Crippen molar-refractivity contribution in [3.05, 3.63) is 35.9 Å². The predicted octanol–water partition coefficient (Wildman–Crippen LogP) is 1.36. The molecule has 0 aliphatic carbocycles. The summed E-state index contributed by atoms with van der Waals surface area (Å²) in [6, 6.07) is 9.94. The molecular weight excluding hydrogens is 254 g/mol. The molecule has 3 N–H and O–H groups in total. The van der Waals surface area contributed by atoms with E-state index >= 15 is 0 Å². The van der Waals surface area contributed by atoms with Gasteiger partial charge in [-0.1, -0.05) is 30.3 Å². The maximum Gasteiger partial charge on any atom is 0.0898 e. The summed E-state index contributed by atoms with van der Waals surface area (Å²) in [4.78, 5) is 0. The molecule has 1 aromatic carbocycles. The largest absolute Gasteiger partial charge is 0.395 e. The van der Waals surface area contributed by atoms with Gasteiger partial charge in [0, 0.05) is 12.6 Å². The third-order valence-corrected chi connectivity index (χ3v) is 2.90. The molecule has 0 radical (unpaired) electrons. The Labute approximate surface area is 121 Å². The van der Waals surface area contributed by atoms with Crippen molar-refractivity contribution < 1.29 is 14.9 Å². The fraction of sp³-hybridized carbons (Fsp3) is 0.625. The second kappa shape index (κ2) is 8.37. The van der Waals surface area contributed by atoms with Gasteiger partial charge in [-0.05, 0) is 32.8 Å². The number of hydrogen-bond donors (Lipinski definition) is 3. The van der Waals surface area contributed by atoms with Crippen LogP contribution in [0.3, 0.4) is 0 Å². The number of aliphatic hydroxyl groups excluding tert-OH is 2. The Hall–Kier alpha value is -0.940. The van der Waals surface area contributed by atoms with Crippen molar-refractivity contribution in [1.82, 2.24) is 5.32 Å². The lowest BCUT2D eigenvalue weighted by atomic mass is 10.1. The zero-order valence-corrected chi connectivity index (χ0v) is 12.7. The molecule has 4 heteroatoms. The second-order valence-electron chi connectivity index (χ2n) is 6.05. The first-order chi connectivity index (χ1) is 9.40. The Morgan fingerprint density at radius 1 is 1.20 bits per heavy atom. The SMILES string of the molecule is CC(C)(C)OCC(O)CNC(CO)Cc1ccccc1. The highest BCUT2D eigenvalue weighted by Gasteiger charge is 2.15. The lowest BCUT2D eigenvalue weighted by Gasteiger charge is -2.23. The number of hydrogen-bond acceptors (Lipinski definition) is 4. The smallest absolute Gasteiger partial charge is 0.0898 e. The van der Waals surface area contributed by atoms with Crippen molar-refractivity contribution in [2.24, 2.45) is 0 Å². The first-order valence-corrected chi connectivity index (χ1v) is 7.11. The van der Waals surface area contributed by atoms with Gasteiger partial charge < -0.3 is 20.3 Å². The van der Waals surface area contributed by atoms with Gasteiger partial charge in [0.05, 0.1) is 24.9 Å². The Kier molecular flexibility index (Phi) is 7.16. The van der Waals surface area contributed by atoms with Gasteiger partial charge in [0.1, 0.15) is 0 Å². The standard InChI is InChI=1S/C16H27NO3/c1-16(2,3)20-12-15(19)10-17-14(11-18)9-13-7-5-4-6-8-13/h4-8,14-15,17-19H,9-12H2,1-3H3. The zero-order valence-electron chi connectivity index (χ0n) is 12.7. The van der Waals surface area contributed by atoms with Gasteiger partial charge in [0.25, 0.3) is 0 Å². The van der Waals surface area contributed by atoms with Gasteiger partial charge in [-0.25, -0.2) is 0 Å². The molecule has 4 nitrogen and oxygen atoms in total. The highest BCUT2D eigenvalue weighted by Crippen LogP contribution is 2.07. The van der Waals surface area contributed by atoms with E-state index < -0.39 is 6.10 Å². The highest BCUT2D eigenvalue weighted by atomic mass is 16.5. The summed E-state index contributed by atoms with van der Waals surface area (Å²) in [5.41, 5.74) is 0.918. The summed E-state index contributed by atoms with van der Waals surface area (Å²) >= 11 is 0. The minimum atomic E-state index is -0.570. The van der Waals surface area contributed by atoms with Crippen molar-refractivity contribution in [1.29, 1.82) is 0 Å². The third-order valence-electron chi connectivity index (χ3n) is 2.90. The summed E-state index contributed by atoms with van der Waals surface area (Å²) in [6.45, 7) is 6.62. The van der Waals surface area contributed by atoms with E-state index in [1.807, 2.05) is 51.1 Å². The van der Waals surface area contributed by atoms with Crippen LogP contribution < -0.4 is 5.32 Å². The van der Waals surface area contributed by atoms with Crippen LogP contribution in [0, 0.1) is 0 Å². The second-order valence-corrected chi connectivity index (χ2v) is 6.05. The Morgan fingerprint density at radius 3 is 2.40 bits per heavy atom. The molecule has 2 atom stereocenters. The molecule has 0 amide bonds. The van der Waals surface area contributed by atoms with Crippen LogP contribution >= 0.6 is 0 Å². The van der Waals surface area contributed by atoms with E-state index in [-0.39, 0.29) is 18.2 Å². The molecule has 0 saturated carbocycles. The summed E-state index contributed by atoms with van der Waals surface area (Å²) in [5, 5.41) is 22.4. The average Bonchev–Trinajstić information content (AvgIpc) is 2.41. The minimum absolute atomic E-state index is 0.0434. The average molecular weight is 281 g/mol. The fourth-order valence-electron chi connectivity index (χ4n) is 1.81. The monoisotopic (exact) mass is 281 g/mol. The van der Waals surface area contributed by atoms with Crippen molar-refractivity contribution in [3.63, 3.8) is 0 Å². The van der Waals surface area contributed by atoms with Crippen LogP contribution in [0.2, 0.25) is 0 Å². The first kappa shape index (κ1) is 17.1. The number of nitrogens with one attached hydrogen (secondary N) is 1. The molecule has 0 aliphatic heterocycles. The van der Waals surface area contributed by atoms with E-state index in [1.54, 1.807) is 0 Å². The van der Waals surface area contributed by atoms with Gasteiger partial charge in [0.2, 0.25) is 0 Å². The fourth-order valence-corrected chi connectivity index (χ4v) is 1.81. The molecule has 0 bridgehead atoms. The lowest BCUT2D eigenvalue weighted by molar-refractivity contribution is -0.0486. The van der Waals surface area contributed by atoms with Gasteiger partial charge in [-0.2, -0.15) is 0 Å². The van der Waals surface area contributed by atoms with Crippen molar-refractivity contribution in [2.75, 3.05) is 19.8 Å². The molecule has 0 spiro atoms. The van der Waals surface area contributed by atoms with Crippen LogP contribution in [-0.4, -0.2) is 47.7 Å². The van der Waals surface area contributed by atoms with Crippen LogP contribution in [0.4, 0.5) is 0 Å². The highest BCUT2D eigenvalue weighted by molar-refractivity contribution is 5.15. The Bertz CT molecular complexity index is 362. The van der Waals surface area contributed by atoms with E-state index in [4.69, 9.17) is 4.74 Å². The number of rotatable bonds is 8. The number of aliphatic hydroxyl groups is 2. The van der Waals surface area contributed by atoms with E-state index in [1.165, 1.54) is 5.56 Å². The van der Waals surface area contributed by atoms with Crippen molar-refractivity contribution >= 4 is 0 Å². The number of benzene rings is 1. The Morgan fingerprint density at radius 2 is 1.85 bits per heavy atom. The Balaban J connectivity index is 2.30. The third kappa shape index (κ3) is 7.60. The van der Waals surface area contributed by atoms with Crippen LogP contribution in [-0.2, 0) is 11.2 Å². The summed E-state index contributed by atoms with van der Waals surface area (Å²) < 4.78 is 5.52. The van der Waals surface area contributed by atoms with Gasteiger partial charge in [0.15, 0.2) is 0 Å². The molecule has 20 heavy (non-hydrogen) atoms.